The Labute approximate surface area is 157 Å². The first-order valence-electron chi connectivity index (χ1n) is 9.18. The van der Waals surface area contributed by atoms with Gasteiger partial charge in [-0.3, -0.25) is 18.9 Å². The third kappa shape index (κ3) is 3.61. The fourth-order valence-electron chi connectivity index (χ4n) is 3.63. The molecule has 1 aliphatic rings. The van der Waals surface area contributed by atoms with Crippen LogP contribution in [0.5, 0.6) is 0 Å². The van der Waals surface area contributed by atoms with Gasteiger partial charge in [0.1, 0.15) is 11.2 Å². The third-order valence-corrected chi connectivity index (χ3v) is 4.98. The van der Waals surface area contributed by atoms with Crippen molar-refractivity contribution < 1.29 is 4.79 Å². The molecule has 0 spiro atoms. The summed E-state index contributed by atoms with van der Waals surface area (Å²) in [6.07, 6.45) is 4.00. The molecule has 0 saturated carbocycles. The van der Waals surface area contributed by atoms with Crippen LogP contribution in [-0.2, 0) is 13.0 Å². The molecule has 0 bridgehead atoms. The Morgan fingerprint density at radius 1 is 1.19 bits per heavy atom. The summed E-state index contributed by atoms with van der Waals surface area (Å²) in [6, 6.07) is 13.7. The highest BCUT2D eigenvalue weighted by Gasteiger charge is 2.20. The lowest BCUT2D eigenvalue weighted by atomic mass is 9.99. The van der Waals surface area contributed by atoms with Crippen molar-refractivity contribution in [3.63, 3.8) is 0 Å². The number of hydrogen-bond donors (Lipinski definition) is 1. The molecule has 2 aromatic heterocycles. The molecule has 27 heavy (non-hydrogen) atoms. The van der Waals surface area contributed by atoms with E-state index in [2.05, 4.69) is 39.5 Å². The molecule has 4 rings (SSSR count). The third-order valence-electron chi connectivity index (χ3n) is 4.98. The lowest BCUT2D eigenvalue weighted by Crippen LogP contribution is -2.44. The van der Waals surface area contributed by atoms with Crippen molar-refractivity contribution in [2.24, 2.45) is 0 Å². The number of carbonyl (C=O) groups excluding carboxylic acids is 1. The van der Waals surface area contributed by atoms with E-state index in [4.69, 9.17) is 0 Å². The van der Waals surface area contributed by atoms with Gasteiger partial charge in [-0.1, -0.05) is 30.3 Å². The number of nitrogens with one attached hydrogen (secondary N) is 1. The fourth-order valence-corrected chi connectivity index (χ4v) is 3.63. The summed E-state index contributed by atoms with van der Waals surface area (Å²) in [5.41, 5.74) is 2.99. The highest BCUT2D eigenvalue weighted by atomic mass is 16.2. The molecule has 1 N–H and O–H groups in total. The van der Waals surface area contributed by atoms with Crippen LogP contribution in [0.2, 0.25) is 0 Å². The Morgan fingerprint density at radius 3 is 2.81 bits per heavy atom. The predicted octanol–water partition coefficient (Wildman–Crippen LogP) is 1.87. The van der Waals surface area contributed by atoms with Crippen molar-refractivity contribution in [2.75, 3.05) is 13.1 Å². The van der Waals surface area contributed by atoms with Gasteiger partial charge in [0.05, 0.1) is 0 Å². The summed E-state index contributed by atoms with van der Waals surface area (Å²) in [5.74, 6) is -0.379. The molecular weight excluding hydrogens is 340 g/mol. The molecule has 1 aliphatic heterocycles. The number of hydrogen-bond acceptors (Lipinski definition) is 4. The van der Waals surface area contributed by atoms with Crippen LogP contribution in [0.25, 0.3) is 5.65 Å². The average Bonchev–Trinajstić information content (AvgIpc) is 2.68. The maximum absolute atomic E-state index is 12.6. The Morgan fingerprint density at radius 2 is 1.96 bits per heavy atom. The van der Waals surface area contributed by atoms with Crippen LogP contribution in [0.1, 0.15) is 28.4 Å². The van der Waals surface area contributed by atoms with Crippen LogP contribution in [-0.4, -0.2) is 39.3 Å². The van der Waals surface area contributed by atoms with E-state index in [0.717, 1.165) is 26.1 Å². The zero-order chi connectivity index (χ0) is 18.8. The lowest BCUT2D eigenvalue weighted by molar-refractivity contribution is 0.0925. The van der Waals surface area contributed by atoms with Gasteiger partial charge < -0.3 is 5.32 Å². The van der Waals surface area contributed by atoms with Gasteiger partial charge in [0.25, 0.3) is 11.5 Å². The SMILES string of the molecule is CC(CN1CCc2ccccc2C1)NC(=O)c1cnc2ccccn2c1=O. The quantitative estimate of drug-likeness (QED) is 0.769. The van der Waals surface area contributed by atoms with Gasteiger partial charge >= 0.3 is 0 Å². The minimum Gasteiger partial charge on any atom is -0.348 e. The number of amides is 1. The lowest BCUT2D eigenvalue weighted by Gasteiger charge is -2.31. The standard InChI is InChI=1S/C21H22N4O2/c1-15(13-24-11-9-16-6-2-3-7-17(16)14-24)23-20(26)18-12-22-19-8-4-5-10-25(19)21(18)27/h2-8,10,12,15H,9,11,13-14H2,1H3,(H,23,26). The van der Waals surface area contributed by atoms with Crippen LogP contribution in [0.3, 0.4) is 0 Å². The van der Waals surface area contributed by atoms with Crippen molar-refractivity contribution >= 4 is 11.6 Å². The summed E-state index contributed by atoms with van der Waals surface area (Å²) >= 11 is 0. The van der Waals surface area contributed by atoms with Gasteiger partial charge in [-0.15, -0.1) is 0 Å². The molecule has 3 aromatic rings. The van der Waals surface area contributed by atoms with Gasteiger partial charge in [-0.2, -0.15) is 0 Å². The second-order valence-electron chi connectivity index (χ2n) is 7.03. The van der Waals surface area contributed by atoms with Gasteiger partial charge in [0, 0.05) is 38.1 Å². The number of pyridine rings is 1. The largest absolute Gasteiger partial charge is 0.348 e. The highest BCUT2D eigenvalue weighted by Crippen LogP contribution is 2.18. The van der Waals surface area contributed by atoms with E-state index < -0.39 is 0 Å². The molecular formula is C21H22N4O2. The molecule has 1 unspecified atom stereocenters. The molecule has 0 radical (unpaired) electrons. The van der Waals surface area contributed by atoms with E-state index in [1.807, 2.05) is 6.92 Å². The Kier molecular flexibility index (Phi) is 4.73. The van der Waals surface area contributed by atoms with Crippen molar-refractivity contribution in [3.05, 3.63) is 81.9 Å². The number of fused-ring (bicyclic) bond motifs is 2. The smallest absolute Gasteiger partial charge is 0.270 e. The molecule has 0 fully saturated rings. The number of nitrogens with zero attached hydrogens (tertiary/aromatic N) is 3. The molecule has 6 nitrogen and oxygen atoms in total. The van der Waals surface area contributed by atoms with E-state index in [1.54, 1.807) is 24.4 Å². The minimum atomic E-state index is -0.379. The van der Waals surface area contributed by atoms with Crippen LogP contribution in [0.4, 0.5) is 0 Å². The molecule has 1 amide bonds. The summed E-state index contributed by atoms with van der Waals surface area (Å²) in [6.45, 7) is 4.56. The second kappa shape index (κ2) is 7.32. The monoisotopic (exact) mass is 362 g/mol. The summed E-state index contributed by atoms with van der Waals surface area (Å²) in [5, 5.41) is 2.94. The average molecular weight is 362 g/mol. The fraction of sp³-hybridized carbons (Fsp3) is 0.286. The number of carbonyl (C=O) groups is 1. The molecule has 1 atom stereocenters. The molecule has 3 heterocycles. The van der Waals surface area contributed by atoms with Crippen LogP contribution >= 0.6 is 0 Å². The Balaban J connectivity index is 1.43. The van der Waals surface area contributed by atoms with Gasteiger partial charge in [0.15, 0.2) is 0 Å². The Hall–Kier alpha value is -2.99. The van der Waals surface area contributed by atoms with Crippen LogP contribution in [0, 0.1) is 0 Å². The summed E-state index contributed by atoms with van der Waals surface area (Å²) in [7, 11) is 0. The van der Waals surface area contributed by atoms with E-state index in [0.29, 0.717) is 5.65 Å². The molecule has 1 aromatic carbocycles. The van der Waals surface area contributed by atoms with E-state index in [-0.39, 0.29) is 23.1 Å². The van der Waals surface area contributed by atoms with Crippen LogP contribution < -0.4 is 10.9 Å². The van der Waals surface area contributed by atoms with E-state index in [1.165, 1.54) is 21.7 Å². The van der Waals surface area contributed by atoms with Crippen molar-refractivity contribution in [1.29, 1.82) is 0 Å². The summed E-state index contributed by atoms with van der Waals surface area (Å²) < 4.78 is 1.39. The normalized spacial score (nSPS) is 15.3. The second-order valence-corrected chi connectivity index (χ2v) is 7.03. The number of rotatable bonds is 4. The van der Waals surface area contributed by atoms with Crippen molar-refractivity contribution in [3.8, 4) is 0 Å². The maximum atomic E-state index is 12.6. The number of benzene rings is 1. The maximum Gasteiger partial charge on any atom is 0.270 e. The molecule has 6 heteroatoms. The summed E-state index contributed by atoms with van der Waals surface area (Å²) in [4.78, 5) is 31.6. The first-order valence-corrected chi connectivity index (χ1v) is 9.18. The zero-order valence-electron chi connectivity index (χ0n) is 15.3. The minimum absolute atomic E-state index is 0.0644. The highest BCUT2D eigenvalue weighted by molar-refractivity contribution is 5.93. The first kappa shape index (κ1) is 17.4. The molecule has 138 valence electrons. The van der Waals surface area contributed by atoms with Gasteiger partial charge in [-0.05, 0) is 36.6 Å². The van der Waals surface area contributed by atoms with Crippen molar-refractivity contribution in [2.45, 2.75) is 25.9 Å². The van der Waals surface area contributed by atoms with E-state index >= 15 is 0 Å². The Bertz CT molecular complexity index is 1040. The van der Waals surface area contributed by atoms with Crippen LogP contribution in [0.15, 0.2) is 59.7 Å². The topological polar surface area (TPSA) is 66.7 Å². The van der Waals surface area contributed by atoms with E-state index in [9.17, 15) is 9.59 Å². The predicted molar refractivity (Wildman–Crippen MR) is 104 cm³/mol. The van der Waals surface area contributed by atoms with Crippen molar-refractivity contribution in [1.82, 2.24) is 19.6 Å². The number of aromatic nitrogens is 2. The van der Waals surface area contributed by atoms with Gasteiger partial charge in [0.2, 0.25) is 0 Å². The zero-order valence-corrected chi connectivity index (χ0v) is 15.3. The molecule has 0 saturated heterocycles. The molecule has 0 aliphatic carbocycles. The van der Waals surface area contributed by atoms with Gasteiger partial charge in [-0.25, -0.2) is 4.98 Å². The first-order chi connectivity index (χ1) is 13.1.